The Kier molecular flexibility index (Phi) is 14.3. The van der Waals surface area contributed by atoms with E-state index in [2.05, 4.69) is 24.4 Å². The second kappa shape index (κ2) is 16.4. The first-order valence-electron chi connectivity index (χ1n) is 11.0. The Labute approximate surface area is 171 Å². The third-order valence-corrected chi connectivity index (χ3v) is 5.02. The van der Waals surface area contributed by atoms with E-state index in [1.165, 1.54) is 57.8 Å². The molecule has 6 heteroatoms. The van der Waals surface area contributed by atoms with Gasteiger partial charge in [-0.25, -0.2) is 14.9 Å². The third kappa shape index (κ3) is 12.7. The third-order valence-electron chi connectivity index (χ3n) is 5.02. The minimum atomic E-state index is -0.823. The molecular formula is C22H40N3O3+. The number of carboxylic acid groups (broad SMARTS) is 1. The molecule has 0 radical (unpaired) electrons. The fourth-order valence-electron chi connectivity index (χ4n) is 3.22. The molecule has 2 N–H and O–H groups in total. The summed E-state index contributed by atoms with van der Waals surface area (Å²) in [5, 5.41) is 8.94. The van der Waals surface area contributed by atoms with Crippen LogP contribution in [0, 0.1) is 12.0 Å². The zero-order valence-electron chi connectivity index (χ0n) is 18.0. The summed E-state index contributed by atoms with van der Waals surface area (Å²) in [5.41, 5.74) is 3.83. The van der Waals surface area contributed by atoms with Gasteiger partial charge in [0.25, 0.3) is 0 Å². The van der Waals surface area contributed by atoms with Crippen molar-refractivity contribution >= 4 is 11.7 Å². The van der Waals surface area contributed by atoms with Crippen molar-refractivity contribution in [3.05, 3.63) is 0 Å². The van der Waals surface area contributed by atoms with Gasteiger partial charge >= 0.3 is 5.97 Å². The number of unbranched alkanes of at least 4 members (excludes halogenated alkanes) is 9. The van der Waals surface area contributed by atoms with Crippen LogP contribution in [0.15, 0.2) is 0 Å². The molecule has 0 bridgehead atoms. The molecule has 1 heterocycles. The van der Waals surface area contributed by atoms with Crippen molar-refractivity contribution in [1.82, 2.24) is 10.4 Å². The summed E-state index contributed by atoms with van der Waals surface area (Å²) in [5.74, 6) is 2.21. The van der Waals surface area contributed by atoms with Crippen LogP contribution in [0.4, 0.5) is 0 Å². The van der Waals surface area contributed by atoms with Crippen LogP contribution >= 0.6 is 0 Å². The molecule has 0 unspecified atom stereocenters. The lowest BCUT2D eigenvalue weighted by molar-refractivity contribution is -0.517. The first kappa shape index (κ1) is 24.5. The minimum Gasteiger partial charge on any atom is -0.477 e. The molecule has 1 aliphatic rings. The molecule has 0 saturated heterocycles. The normalized spacial score (nSPS) is 14.0. The Bertz CT molecular complexity index is 523. The first-order valence-corrected chi connectivity index (χ1v) is 11.0. The van der Waals surface area contributed by atoms with Crippen LogP contribution in [0.5, 0.6) is 0 Å². The van der Waals surface area contributed by atoms with Crippen molar-refractivity contribution in [3.8, 4) is 12.0 Å². The van der Waals surface area contributed by atoms with Crippen LogP contribution in [0.1, 0.15) is 78.1 Å². The number of nitrogens with zero attached hydrogens (tertiary/aromatic N) is 2. The zero-order chi connectivity index (χ0) is 20.5. The summed E-state index contributed by atoms with van der Waals surface area (Å²) in [7, 11) is 0. The van der Waals surface area contributed by atoms with E-state index in [4.69, 9.17) is 9.94 Å². The molecule has 1 aliphatic heterocycles. The number of carboxylic acids is 1. The van der Waals surface area contributed by atoms with E-state index < -0.39 is 5.97 Å². The maximum Gasteiger partial charge on any atom is 0.369 e. The van der Waals surface area contributed by atoms with Crippen molar-refractivity contribution in [2.75, 3.05) is 39.3 Å². The van der Waals surface area contributed by atoms with Crippen LogP contribution in [0.2, 0.25) is 0 Å². The monoisotopic (exact) mass is 394 g/mol. The van der Waals surface area contributed by atoms with Gasteiger partial charge in [-0.05, 0) is 6.42 Å². The van der Waals surface area contributed by atoms with E-state index in [0.717, 1.165) is 31.8 Å². The van der Waals surface area contributed by atoms with Crippen LogP contribution in [-0.4, -0.2) is 65.6 Å². The molecule has 0 aromatic carbocycles. The minimum absolute atomic E-state index is 0.00850. The number of hydroxylamine groups is 1. The van der Waals surface area contributed by atoms with Gasteiger partial charge in [0.1, 0.15) is 0 Å². The second-order valence-corrected chi connectivity index (χ2v) is 7.55. The SMILES string of the molecule is CCCCCCCCCCCCONCCN1C#CC(C)=[N+](CC(=O)O)CC1. The predicted molar refractivity (Wildman–Crippen MR) is 113 cm³/mol. The average Bonchev–Trinajstić information content (AvgIpc) is 2.84. The molecular weight excluding hydrogens is 354 g/mol. The van der Waals surface area contributed by atoms with Crippen molar-refractivity contribution in [1.29, 1.82) is 0 Å². The highest BCUT2D eigenvalue weighted by Crippen LogP contribution is 2.10. The molecule has 0 atom stereocenters. The summed E-state index contributed by atoms with van der Waals surface area (Å²) in [6, 6.07) is 3.10. The van der Waals surface area contributed by atoms with E-state index >= 15 is 0 Å². The van der Waals surface area contributed by atoms with Gasteiger partial charge in [0.05, 0.1) is 13.2 Å². The van der Waals surface area contributed by atoms with Gasteiger partial charge in [-0.1, -0.05) is 64.7 Å². The van der Waals surface area contributed by atoms with Gasteiger partial charge in [-0.3, -0.25) is 0 Å². The zero-order valence-corrected chi connectivity index (χ0v) is 18.0. The number of nitrogens with one attached hydrogen (secondary N) is 1. The summed E-state index contributed by atoms with van der Waals surface area (Å²) in [4.78, 5) is 18.4. The maximum atomic E-state index is 10.9. The standard InChI is InChI=1S/C22H39N3O3/c1-3-4-5-6-7-8-9-10-11-12-19-28-23-14-16-24-15-13-21(2)25(18-17-24)20-22(26)27/h23H,3-12,14,16-20H2,1-2H3/p+1. The summed E-state index contributed by atoms with van der Waals surface area (Å²) in [6.45, 7) is 7.76. The molecule has 160 valence electrons. The molecule has 28 heavy (non-hydrogen) atoms. The predicted octanol–water partition coefficient (Wildman–Crippen LogP) is 3.26. The van der Waals surface area contributed by atoms with Crippen molar-refractivity contribution in [2.45, 2.75) is 78.1 Å². The lowest BCUT2D eigenvalue weighted by Crippen LogP contribution is -2.34. The number of hydrogen-bond donors (Lipinski definition) is 2. The van der Waals surface area contributed by atoms with Crippen LogP contribution < -0.4 is 5.48 Å². The molecule has 0 aliphatic carbocycles. The number of carbonyl (C=O) groups is 1. The number of rotatable bonds is 17. The summed E-state index contributed by atoms with van der Waals surface area (Å²) in [6.07, 6.45) is 13.3. The van der Waals surface area contributed by atoms with Gasteiger partial charge in [-0.2, -0.15) is 0 Å². The Morgan fingerprint density at radius 3 is 2.43 bits per heavy atom. The molecule has 1 rings (SSSR count). The fraction of sp³-hybridized carbons (Fsp3) is 0.818. The Morgan fingerprint density at radius 1 is 1.14 bits per heavy atom. The molecule has 0 fully saturated rings. The molecule has 0 spiro atoms. The van der Waals surface area contributed by atoms with E-state index in [-0.39, 0.29) is 6.54 Å². The van der Waals surface area contributed by atoms with E-state index in [0.29, 0.717) is 13.1 Å². The Hall–Kier alpha value is -1.58. The fourth-order valence-corrected chi connectivity index (χ4v) is 3.22. The second-order valence-electron chi connectivity index (χ2n) is 7.55. The van der Waals surface area contributed by atoms with E-state index in [1.54, 1.807) is 0 Å². The Morgan fingerprint density at radius 2 is 1.79 bits per heavy atom. The first-order chi connectivity index (χ1) is 13.6. The van der Waals surface area contributed by atoms with Crippen LogP contribution in [0.25, 0.3) is 0 Å². The van der Waals surface area contributed by atoms with Gasteiger partial charge in [0.15, 0.2) is 6.54 Å². The van der Waals surface area contributed by atoms with Gasteiger partial charge in [0, 0.05) is 32.0 Å². The molecule has 0 amide bonds. The van der Waals surface area contributed by atoms with Gasteiger partial charge in [0.2, 0.25) is 12.3 Å². The lowest BCUT2D eigenvalue weighted by atomic mass is 10.1. The van der Waals surface area contributed by atoms with E-state index in [1.807, 2.05) is 16.4 Å². The maximum absolute atomic E-state index is 10.9. The molecule has 0 saturated carbocycles. The van der Waals surface area contributed by atoms with Crippen LogP contribution in [-0.2, 0) is 9.63 Å². The lowest BCUT2D eigenvalue weighted by Gasteiger charge is -2.15. The Balaban J connectivity index is 1.93. The van der Waals surface area contributed by atoms with Crippen LogP contribution in [0.3, 0.4) is 0 Å². The topological polar surface area (TPSA) is 64.8 Å². The summed E-state index contributed by atoms with van der Waals surface area (Å²) >= 11 is 0. The average molecular weight is 395 g/mol. The number of hydrogen-bond acceptors (Lipinski definition) is 4. The highest BCUT2D eigenvalue weighted by Gasteiger charge is 2.17. The highest BCUT2D eigenvalue weighted by atomic mass is 16.6. The quantitative estimate of drug-likeness (QED) is 0.172. The summed E-state index contributed by atoms with van der Waals surface area (Å²) < 4.78 is 1.81. The highest BCUT2D eigenvalue weighted by molar-refractivity contribution is 5.94. The smallest absolute Gasteiger partial charge is 0.369 e. The largest absolute Gasteiger partial charge is 0.477 e. The number of aliphatic carboxylic acids is 1. The molecule has 6 nitrogen and oxygen atoms in total. The van der Waals surface area contributed by atoms with Crippen molar-refractivity contribution < 1.29 is 19.3 Å². The van der Waals surface area contributed by atoms with Gasteiger partial charge in [-0.15, -0.1) is 0 Å². The van der Waals surface area contributed by atoms with E-state index in [9.17, 15) is 4.79 Å². The van der Waals surface area contributed by atoms with Crippen molar-refractivity contribution in [3.63, 3.8) is 0 Å². The molecule has 0 aromatic rings. The molecule has 0 aromatic heterocycles. The van der Waals surface area contributed by atoms with Gasteiger partial charge < -0.3 is 14.8 Å². The van der Waals surface area contributed by atoms with Crippen molar-refractivity contribution in [2.24, 2.45) is 0 Å².